The molecule has 0 saturated heterocycles. The van der Waals surface area contributed by atoms with Gasteiger partial charge in [-0.25, -0.2) is 0 Å². The summed E-state index contributed by atoms with van der Waals surface area (Å²) in [6.07, 6.45) is 0.762. The van der Waals surface area contributed by atoms with Crippen molar-refractivity contribution in [2.75, 3.05) is 6.54 Å². The lowest BCUT2D eigenvalue weighted by Crippen LogP contribution is -2.02. The van der Waals surface area contributed by atoms with E-state index in [1.807, 2.05) is 0 Å². The van der Waals surface area contributed by atoms with Crippen LogP contribution in [0.5, 0.6) is 0 Å². The van der Waals surface area contributed by atoms with E-state index in [9.17, 15) is 10.1 Å². The van der Waals surface area contributed by atoms with E-state index < -0.39 is 4.92 Å². The fraction of sp³-hybridized carbons (Fsp3) is 0.250. The normalized spacial score (nSPS) is 8.36. The molecule has 14 heavy (non-hydrogen) atoms. The first-order chi connectivity index (χ1) is 5.74. The van der Waals surface area contributed by atoms with Crippen LogP contribution in [0.4, 0.5) is 5.69 Å². The van der Waals surface area contributed by atoms with E-state index in [1.54, 1.807) is 12.1 Å². The molecule has 0 aromatic heterocycles. The van der Waals surface area contributed by atoms with E-state index >= 15 is 0 Å². The summed E-state index contributed by atoms with van der Waals surface area (Å²) in [4.78, 5) is 9.84. The van der Waals surface area contributed by atoms with Gasteiger partial charge in [-0.2, -0.15) is 0 Å². The Hall–Kier alpha value is -1.17. The number of rotatable bonds is 3. The highest BCUT2D eigenvalue weighted by atomic mass is 35.5. The van der Waals surface area contributed by atoms with Gasteiger partial charge in [0.1, 0.15) is 0 Å². The fourth-order valence-electron chi connectivity index (χ4n) is 0.951. The van der Waals surface area contributed by atoms with Crippen LogP contribution < -0.4 is 11.9 Å². The summed E-state index contributed by atoms with van der Waals surface area (Å²) in [7, 11) is 0. The van der Waals surface area contributed by atoms with Crippen LogP contribution in [0.15, 0.2) is 24.3 Å². The first-order valence-electron chi connectivity index (χ1n) is 3.67. The molecular weight excluding hydrogens is 206 g/mol. The van der Waals surface area contributed by atoms with Crippen molar-refractivity contribution in [1.29, 1.82) is 0 Å². The molecule has 0 amide bonds. The SMILES string of the molecule is Cl.N.NCCc1ccc([N+](=O)[O-])cc1. The van der Waals surface area contributed by atoms with Crippen LogP contribution in [0.3, 0.4) is 0 Å². The van der Waals surface area contributed by atoms with Gasteiger partial charge in [-0.3, -0.25) is 10.1 Å². The topological polar surface area (TPSA) is 104 Å². The van der Waals surface area contributed by atoms with Crippen LogP contribution in [0.2, 0.25) is 0 Å². The van der Waals surface area contributed by atoms with Crippen LogP contribution in [0.1, 0.15) is 5.56 Å². The van der Waals surface area contributed by atoms with E-state index in [2.05, 4.69) is 0 Å². The molecule has 0 aliphatic carbocycles. The molecule has 1 rings (SSSR count). The lowest BCUT2D eigenvalue weighted by Gasteiger charge is -1.96. The maximum atomic E-state index is 10.3. The van der Waals surface area contributed by atoms with Gasteiger partial charge < -0.3 is 11.9 Å². The van der Waals surface area contributed by atoms with E-state index in [0.29, 0.717) is 6.54 Å². The molecule has 0 fully saturated rings. The highest BCUT2D eigenvalue weighted by molar-refractivity contribution is 5.85. The van der Waals surface area contributed by atoms with E-state index in [0.717, 1.165) is 12.0 Å². The Labute approximate surface area is 88.4 Å². The standard InChI is InChI=1S/C8H10N2O2.ClH.H3N/c9-6-5-7-1-3-8(4-2-7)10(11)12;;/h1-4H,5-6,9H2;1H;1H3. The Morgan fingerprint density at radius 3 is 2.14 bits per heavy atom. The second-order valence-corrected chi connectivity index (χ2v) is 2.46. The third-order valence-corrected chi connectivity index (χ3v) is 1.58. The number of benzene rings is 1. The predicted molar refractivity (Wildman–Crippen MR) is 58.1 cm³/mol. The van der Waals surface area contributed by atoms with Crippen LogP contribution >= 0.6 is 12.4 Å². The van der Waals surface area contributed by atoms with Crippen LogP contribution in [-0.2, 0) is 6.42 Å². The monoisotopic (exact) mass is 219 g/mol. The van der Waals surface area contributed by atoms with Crippen molar-refractivity contribution in [3.8, 4) is 0 Å². The summed E-state index contributed by atoms with van der Waals surface area (Å²) in [5.74, 6) is 0. The van der Waals surface area contributed by atoms with Crippen molar-refractivity contribution >= 4 is 18.1 Å². The maximum absolute atomic E-state index is 10.3. The number of hydrogen-bond donors (Lipinski definition) is 2. The average molecular weight is 220 g/mol. The smallest absolute Gasteiger partial charge is 0.269 e. The highest BCUT2D eigenvalue weighted by Crippen LogP contribution is 2.11. The third-order valence-electron chi connectivity index (χ3n) is 1.58. The van der Waals surface area contributed by atoms with Gasteiger partial charge in [0, 0.05) is 12.1 Å². The van der Waals surface area contributed by atoms with Crippen LogP contribution in [0.25, 0.3) is 0 Å². The summed E-state index contributed by atoms with van der Waals surface area (Å²) in [5, 5.41) is 10.3. The van der Waals surface area contributed by atoms with Gasteiger partial charge in [0.2, 0.25) is 0 Å². The lowest BCUT2D eigenvalue weighted by atomic mass is 10.1. The van der Waals surface area contributed by atoms with Gasteiger partial charge in [-0.1, -0.05) is 12.1 Å². The first kappa shape index (κ1) is 15.3. The molecule has 0 saturated carbocycles. The molecule has 1 aromatic carbocycles. The van der Waals surface area contributed by atoms with Gasteiger partial charge in [0.05, 0.1) is 4.92 Å². The van der Waals surface area contributed by atoms with Crippen molar-refractivity contribution in [2.45, 2.75) is 6.42 Å². The van der Waals surface area contributed by atoms with Gasteiger partial charge in [0.15, 0.2) is 0 Å². The second-order valence-electron chi connectivity index (χ2n) is 2.46. The van der Waals surface area contributed by atoms with E-state index in [4.69, 9.17) is 5.73 Å². The van der Waals surface area contributed by atoms with Crippen molar-refractivity contribution in [3.05, 3.63) is 39.9 Å². The Morgan fingerprint density at radius 2 is 1.79 bits per heavy atom. The van der Waals surface area contributed by atoms with Crippen molar-refractivity contribution in [1.82, 2.24) is 6.15 Å². The van der Waals surface area contributed by atoms with Gasteiger partial charge in [-0.05, 0) is 18.5 Å². The summed E-state index contributed by atoms with van der Waals surface area (Å²) in [6, 6.07) is 6.44. The van der Waals surface area contributed by atoms with Crippen LogP contribution in [0, 0.1) is 10.1 Å². The lowest BCUT2D eigenvalue weighted by molar-refractivity contribution is -0.384. The minimum atomic E-state index is -0.410. The van der Waals surface area contributed by atoms with E-state index in [-0.39, 0.29) is 24.2 Å². The molecule has 0 aliphatic heterocycles. The van der Waals surface area contributed by atoms with Crippen molar-refractivity contribution in [2.24, 2.45) is 5.73 Å². The predicted octanol–water partition coefficient (Wildman–Crippen LogP) is 1.68. The highest BCUT2D eigenvalue weighted by Gasteiger charge is 2.02. The van der Waals surface area contributed by atoms with Gasteiger partial charge in [0.25, 0.3) is 5.69 Å². The zero-order valence-corrected chi connectivity index (χ0v) is 8.50. The first-order valence-corrected chi connectivity index (χ1v) is 3.67. The zero-order valence-electron chi connectivity index (χ0n) is 7.68. The molecule has 0 aliphatic rings. The number of nitro benzene ring substituents is 1. The number of nitrogens with two attached hydrogens (primary N) is 1. The Kier molecular flexibility index (Phi) is 7.93. The van der Waals surface area contributed by atoms with Crippen molar-refractivity contribution < 1.29 is 4.92 Å². The minimum Gasteiger partial charge on any atom is -0.344 e. The maximum Gasteiger partial charge on any atom is 0.269 e. The third kappa shape index (κ3) is 4.18. The molecule has 0 heterocycles. The summed E-state index contributed by atoms with van der Waals surface area (Å²) in [5.41, 5.74) is 6.48. The molecule has 6 heteroatoms. The number of halogens is 1. The Morgan fingerprint density at radius 1 is 1.29 bits per heavy atom. The number of hydrogen-bond acceptors (Lipinski definition) is 4. The Bertz CT molecular complexity index is 276. The zero-order chi connectivity index (χ0) is 8.97. The van der Waals surface area contributed by atoms with Gasteiger partial charge >= 0.3 is 0 Å². The molecule has 0 spiro atoms. The summed E-state index contributed by atoms with van der Waals surface area (Å²) < 4.78 is 0. The van der Waals surface area contributed by atoms with Crippen LogP contribution in [-0.4, -0.2) is 11.5 Å². The molecule has 5 nitrogen and oxygen atoms in total. The molecule has 0 bridgehead atoms. The quantitative estimate of drug-likeness (QED) is 0.596. The molecule has 5 N–H and O–H groups in total. The minimum absolute atomic E-state index is 0. The van der Waals surface area contributed by atoms with Crippen molar-refractivity contribution in [3.63, 3.8) is 0 Å². The molecule has 0 unspecified atom stereocenters. The molecule has 0 atom stereocenters. The largest absolute Gasteiger partial charge is 0.344 e. The summed E-state index contributed by atoms with van der Waals surface area (Å²) in [6.45, 7) is 0.567. The summed E-state index contributed by atoms with van der Waals surface area (Å²) >= 11 is 0. The number of nitro groups is 1. The Balaban J connectivity index is 0. The number of non-ortho nitro benzene ring substituents is 1. The molecule has 1 aromatic rings. The number of nitrogens with zero attached hydrogens (tertiary/aromatic N) is 1. The fourth-order valence-corrected chi connectivity index (χ4v) is 0.951. The molecule has 80 valence electrons. The second kappa shape index (κ2) is 7.25. The molecular formula is C8H14ClN3O2. The van der Waals surface area contributed by atoms with E-state index in [1.165, 1.54) is 12.1 Å². The molecule has 0 radical (unpaired) electrons. The van der Waals surface area contributed by atoms with Gasteiger partial charge in [-0.15, -0.1) is 12.4 Å². The average Bonchev–Trinajstić information content (AvgIpc) is 2.06.